The van der Waals surface area contributed by atoms with E-state index in [1.807, 2.05) is 0 Å². The molecule has 0 aromatic heterocycles. The quantitative estimate of drug-likeness (QED) is 0.793. The van der Waals surface area contributed by atoms with Crippen LogP contribution in [0.25, 0.3) is 0 Å². The molecular weight excluding hydrogens is 196 g/mol. The standard InChI is InChI=1S/C14H28N2/c1-5-14(4)10-16(11(2)9-15-14)12(3)13-7-6-8-13/h11-13,15H,5-10H2,1-4H3. The fraction of sp³-hybridized carbons (Fsp3) is 1.00. The molecule has 0 aromatic carbocycles. The lowest BCUT2D eigenvalue weighted by Gasteiger charge is -2.50. The molecule has 2 heteroatoms. The van der Waals surface area contributed by atoms with Gasteiger partial charge in [-0.1, -0.05) is 13.3 Å². The van der Waals surface area contributed by atoms with Crippen molar-refractivity contribution in [2.45, 2.75) is 71.0 Å². The van der Waals surface area contributed by atoms with E-state index in [2.05, 4.69) is 37.9 Å². The van der Waals surface area contributed by atoms with Crippen LogP contribution in [0.15, 0.2) is 0 Å². The van der Waals surface area contributed by atoms with E-state index in [4.69, 9.17) is 0 Å². The normalized spacial score (nSPS) is 39.4. The van der Waals surface area contributed by atoms with E-state index < -0.39 is 0 Å². The van der Waals surface area contributed by atoms with Gasteiger partial charge in [-0.25, -0.2) is 0 Å². The van der Waals surface area contributed by atoms with Crippen LogP contribution in [0, 0.1) is 5.92 Å². The first kappa shape index (κ1) is 12.4. The number of hydrogen-bond donors (Lipinski definition) is 1. The Morgan fingerprint density at radius 2 is 2.12 bits per heavy atom. The zero-order valence-corrected chi connectivity index (χ0v) is 11.4. The molecule has 0 bridgehead atoms. The molecule has 2 nitrogen and oxygen atoms in total. The third-order valence-corrected chi connectivity index (χ3v) is 5.06. The molecule has 1 saturated heterocycles. The van der Waals surface area contributed by atoms with Gasteiger partial charge in [-0.05, 0) is 46.0 Å². The van der Waals surface area contributed by atoms with E-state index in [1.165, 1.54) is 32.2 Å². The first-order valence-corrected chi connectivity index (χ1v) is 7.06. The van der Waals surface area contributed by atoms with Crippen molar-refractivity contribution in [2.75, 3.05) is 13.1 Å². The highest BCUT2D eigenvalue weighted by molar-refractivity contribution is 4.96. The highest BCUT2D eigenvalue weighted by Gasteiger charge is 2.38. The Bertz CT molecular complexity index is 237. The minimum absolute atomic E-state index is 0.338. The summed E-state index contributed by atoms with van der Waals surface area (Å²) in [7, 11) is 0. The fourth-order valence-corrected chi connectivity index (χ4v) is 3.10. The second-order valence-corrected chi connectivity index (χ2v) is 6.25. The average molecular weight is 224 g/mol. The molecule has 2 fully saturated rings. The maximum Gasteiger partial charge on any atom is 0.0278 e. The minimum Gasteiger partial charge on any atom is -0.309 e. The van der Waals surface area contributed by atoms with Crippen LogP contribution < -0.4 is 5.32 Å². The molecule has 0 spiro atoms. The van der Waals surface area contributed by atoms with Crippen LogP contribution >= 0.6 is 0 Å². The third kappa shape index (κ3) is 2.28. The number of nitrogens with one attached hydrogen (secondary N) is 1. The minimum atomic E-state index is 0.338. The fourth-order valence-electron chi connectivity index (χ4n) is 3.10. The summed E-state index contributed by atoms with van der Waals surface area (Å²) < 4.78 is 0. The lowest BCUT2D eigenvalue weighted by molar-refractivity contribution is 0.0183. The van der Waals surface area contributed by atoms with Gasteiger partial charge in [0.05, 0.1) is 0 Å². The van der Waals surface area contributed by atoms with Crippen LogP contribution in [0.4, 0.5) is 0 Å². The maximum atomic E-state index is 3.71. The van der Waals surface area contributed by atoms with Gasteiger partial charge in [0.2, 0.25) is 0 Å². The van der Waals surface area contributed by atoms with E-state index in [0.29, 0.717) is 11.6 Å². The van der Waals surface area contributed by atoms with Crippen molar-refractivity contribution in [3.8, 4) is 0 Å². The van der Waals surface area contributed by atoms with Gasteiger partial charge in [0, 0.05) is 30.7 Å². The van der Waals surface area contributed by atoms with Gasteiger partial charge in [0.15, 0.2) is 0 Å². The highest BCUT2D eigenvalue weighted by atomic mass is 15.3. The maximum absolute atomic E-state index is 3.71. The SMILES string of the molecule is CCC1(C)CN(C(C)C2CCC2)C(C)CN1. The zero-order chi connectivity index (χ0) is 11.8. The summed E-state index contributed by atoms with van der Waals surface area (Å²) >= 11 is 0. The summed E-state index contributed by atoms with van der Waals surface area (Å²) in [5, 5.41) is 3.71. The van der Waals surface area contributed by atoms with Crippen LogP contribution in [0.1, 0.15) is 53.4 Å². The lowest BCUT2D eigenvalue weighted by Crippen LogP contribution is -2.64. The average Bonchev–Trinajstić information content (AvgIpc) is 2.19. The van der Waals surface area contributed by atoms with Crippen LogP contribution in [0.5, 0.6) is 0 Å². The molecule has 16 heavy (non-hydrogen) atoms. The topological polar surface area (TPSA) is 15.3 Å². The smallest absolute Gasteiger partial charge is 0.0278 e. The summed E-state index contributed by atoms with van der Waals surface area (Å²) in [5.74, 6) is 0.974. The molecular formula is C14H28N2. The van der Waals surface area contributed by atoms with Crippen LogP contribution in [0.2, 0.25) is 0 Å². The van der Waals surface area contributed by atoms with Gasteiger partial charge < -0.3 is 5.32 Å². The van der Waals surface area contributed by atoms with Crippen LogP contribution in [-0.4, -0.2) is 35.6 Å². The lowest BCUT2D eigenvalue weighted by atomic mass is 9.78. The van der Waals surface area contributed by atoms with E-state index in [1.54, 1.807) is 0 Å². The second-order valence-electron chi connectivity index (χ2n) is 6.25. The zero-order valence-electron chi connectivity index (χ0n) is 11.4. The molecule has 1 N–H and O–H groups in total. The molecule has 2 aliphatic rings. The van der Waals surface area contributed by atoms with E-state index >= 15 is 0 Å². The second kappa shape index (κ2) is 4.66. The predicted molar refractivity (Wildman–Crippen MR) is 69.7 cm³/mol. The predicted octanol–water partition coefficient (Wildman–Crippen LogP) is 2.64. The van der Waals surface area contributed by atoms with Crippen molar-refractivity contribution in [1.29, 1.82) is 0 Å². The molecule has 2 rings (SSSR count). The Balaban J connectivity index is 2.00. The van der Waals surface area contributed by atoms with Crippen molar-refractivity contribution >= 4 is 0 Å². The monoisotopic (exact) mass is 224 g/mol. The molecule has 1 heterocycles. The largest absolute Gasteiger partial charge is 0.309 e. The molecule has 0 aromatic rings. The van der Waals surface area contributed by atoms with E-state index in [0.717, 1.165) is 18.5 Å². The van der Waals surface area contributed by atoms with Crippen molar-refractivity contribution < 1.29 is 0 Å². The highest BCUT2D eigenvalue weighted by Crippen LogP contribution is 2.34. The molecule has 0 amide bonds. The molecule has 0 radical (unpaired) electrons. The Morgan fingerprint density at radius 1 is 1.44 bits per heavy atom. The van der Waals surface area contributed by atoms with E-state index in [9.17, 15) is 0 Å². The molecule has 1 aliphatic heterocycles. The van der Waals surface area contributed by atoms with Gasteiger partial charge >= 0.3 is 0 Å². The number of piperazine rings is 1. The van der Waals surface area contributed by atoms with Gasteiger partial charge in [-0.15, -0.1) is 0 Å². The van der Waals surface area contributed by atoms with Crippen LogP contribution in [0.3, 0.4) is 0 Å². The number of nitrogens with zero attached hydrogens (tertiary/aromatic N) is 1. The van der Waals surface area contributed by atoms with E-state index in [-0.39, 0.29) is 0 Å². The van der Waals surface area contributed by atoms with Crippen molar-refractivity contribution in [3.63, 3.8) is 0 Å². The molecule has 3 atom stereocenters. The Labute approximate surface area is 101 Å². The molecule has 3 unspecified atom stereocenters. The summed E-state index contributed by atoms with van der Waals surface area (Å²) in [6, 6.07) is 1.49. The van der Waals surface area contributed by atoms with Gasteiger partial charge in [-0.3, -0.25) is 4.90 Å². The van der Waals surface area contributed by atoms with Crippen molar-refractivity contribution in [1.82, 2.24) is 10.2 Å². The number of rotatable bonds is 3. The summed E-state index contributed by atoms with van der Waals surface area (Å²) in [6.45, 7) is 11.9. The third-order valence-electron chi connectivity index (χ3n) is 5.06. The Hall–Kier alpha value is -0.0800. The first-order valence-electron chi connectivity index (χ1n) is 7.06. The number of hydrogen-bond acceptors (Lipinski definition) is 2. The Kier molecular flexibility index (Phi) is 3.60. The summed E-state index contributed by atoms with van der Waals surface area (Å²) in [4.78, 5) is 2.75. The van der Waals surface area contributed by atoms with Gasteiger partial charge in [-0.2, -0.15) is 0 Å². The van der Waals surface area contributed by atoms with Gasteiger partial charge in [0.25, 0.3) is 0 Å². The van der Waals surface area contributed by atoms with Crippen molar-refractivity contribution in [2.24, 2.45) is 5.92 Å². The molecule has 1 saturated carbocycles. The summed E-state index contributed by atoms with van der Waals surface area (Å²) in [6.07, 6.45) is 5.61. The Morgan fingerprint density at radius 3 is 2.62 bits per heavy atom. The molecule has 94 valence electrons. The van der Waals surface area contributed by atoms with Gasteiger partial charge in [0.1, 0.15) is 0 Å². The first-order chi connectivity index (χ1) is 7.56. The van der Waals surface area contributed by atoms with Crippen LogP contribution in [-0.2, 0) is 0 Å². The molecule has 1 aliphatic carbocycles. The summed E-state index contributed by atoms with van der Waals surface area (Å²) in [5.41, 5.74) is 0.338. The van der Waals surface area contributed by atoms with Crippen molar-refractivity contribution in [3.05, 3.63) is 0 Å².